The number of halogens is 17. The van der Waals surface area contributed by atoms with Crippen LogP contribution in [0, 0.1) is 0 Å². The van der Waals surface area contributed by atoms with Gasteiger partial charge in [-0.25, -0.2) is 8.42 Å². The van der Waals surface area contributed by atoms with E-state index in [-0.39, 0.29) is 41.7 Å². The molecule has 0 aliphatic heterocycles. The Morgan fingerprint density at radius 3 is 1.22 bits per heavy atom. The fourth-order valence-corrected chi connectivity index (χ4v) is 2.71. The maximum atomic E-state index is 14.0. The second-order valence-electron chi connectivity index (χ2n) is 6.50. The predicted molar refractivity (Wildman–Crippen MR) is 74.0 cm³/mol. The van der Waals surface area contributed by atoms with Crippen molar-refractivity contribution in [2.75, 3.05) is 0 Å². The summed E-state index contributed by atoms with van der Waals surface area (Å²) in [5.74, 6) is -58.0. The van der Waals surface area contributed by atoms with Crippen molar-refractivity contribution in [3.8, 4) is 0 Å². The zero-order valence-electron chi connectivity index (χ0n) is 16.4. The smallest absolute Gasteiger partial charge is 0.744 e. The average molecular weight is 598 g/mol. The number of hydrogen-bond donors (Lipinski definition) is 0. The van der Waals surface area contributed by atoms with E-state index in [0.29, 0.717) is 0 Å². The Morgan fingerprint density at radius 1 is 0.556 bits per heavy atom. The summed E-state index contributed by atoms with van der Waals surface area (Å²) in [5, 5.41) is 0. The molecule has 1 aromatic rings. The van der Waals surface area contributed by atoms with Gasteiger partial charge in [0.15, 0.2) is 0 Å². The quantitative estimate of drug-likeness (QED) is 0.263. The molecular formula is C14H4F17NaO3S. The molecule has 0 saturated heterocycles. The number of hydrogen-bond acceptors (Lipinski definition) is 3. The van der Waals surface area contributed by atoms with Crippen LogP contribution in [0.25, 0.3) is 0 Å². The van der Waals surface area contributed by atoms with Gasteiger partial charge >= 0.3 is 77.2 Å². The molecule has 0 aliphatic rings. The Kier molecular flexibility index (Phi) is 9.02. The number of benzene rings is 1. The molecule has 0 unspecified atom stereocenters. The maximum absolute atomic E-state index is 14.0. The van der Waals surface area contributed by atoms with Gasteiger partial charge < -0.3 is 4.55 Å². The second-order valence-corrected chi connectivity index (χ2v) is 7.88. The van der Waals surface area contributed by atoms with E-state index in [9.17, 15) is 87.6 Å². The third-order valence-corrected chi connectivity index (χ3v) is 5.04. The minimum atomic E-state index is -8.78. The van der Waals surface area contributed by atoms with Gasteiger partial charge in [0.2, 0.25) is 0 Å². The molecule has 0 atom stereocenters. The molecule has 1 rings (SSSR count). The van der Waals surface area contributed by atoms with Crippen LogP contribution in [0.5, 0.6) is 0 Å². The van der Waals surface area contributed by atoms with Crippen molar-refractivity contribution >= 4 is 10.1 Å². The molecule has 0 aromatic heterocycles. The van der Waals surface area contributed by atoms with Crippen LogP contribution in [0.4, 0.5) is 74.6 Å². The normalized spacial score (nSPS) is 15.5. The first kappa shape index (κ1) is 34.9. The van der Waals surface area contributed by atoms with Crippen LogP contribution in [-0.4, -0.2) is 54.7 Å². The molecule has 0 fully saturated rings. The summed E-state index contributed by atoms with van der Waals surface area (Å²) in [6, 6.07) is -1.27. The summed E-state index contributed by atoms with van der Waals surface area (Å²) < 4.78 is 257. The van der Waals surface area contributed by atoms with Gasteiger partial charge in [0.1, 0.15) is 10.1 Å². The summed E-state index contributed by atoms with van der Waals surface area (Å²) in [5.41, 5.74) is -2.79. The van der Waals surface area contributed by atoms with Crippen molar-refractivity contribution in [1.29, 1.82) is 0 Å². The van der Waals surface area contributed by atoms with Crippen molar-refractivity contribution in [1.82, 2.24) is 0 Å². The SMILES string of the molecule is O=S(=O)([O-])c1cccc(C(F)(F)C(F)(F)C(F)(F)C(F)(F)C(F)(F)C(F)(F)C(F)(F)C(F)(F)F)c1.[Na+]. The van der Waals surface area contributed by atoms with Gasteiger partial charge in [0.05, 0.1) is 4.90 Å². The molecule has 0 N–H and O–H groups in total. The predicted octanol–water partition coefficient (Wildman–Crippen LogP) is 3.06. The van der Waals surface area contributed by atoms with E-state index in [1.165, 1.54) is 0 Å². The van der Waals surface area contributed by atoms with E-state index >= 15 is 0 Å². The summed E-state index contributed by atoms with van der Waals surface area (Å²) in [6.07, 6.45) is -7.86. The van der Waals surface area contributed by atoms with E-state index in [4.69, 9.17) is 0 Å². The van der Waals surface area contributed by atoms with Gasteiger partial charge in [-0.2, -0.15) is 74.6 Å². The summed E-state index contributed by atoms with van der Waals surface area (Å²) in [4.78, 5) is -1.90. The van der Waals surface area contributed by atoms with E-state index in [1.807, 2.05) is 0 Å². The monoisotopic (exact) mass is 598 g/mol. The topological polar surface area (TPSA) is 57.2 Å². The summed E-state index contributed by atoms with van der Waals surface area (Å²) in [6.45, 7) is 0. The molecule has 1 aromatic carbocycles. The van der Waals surface area contributed by atoms with Crippen molar-refractivity contribution in [3.63, 3.8) is 0 Å². The molecule has 0 heterocycles. The van der Waals surface area contributed by atoms with Gasteiger partial charge in [-0.05, 0) is 12.1 Å². The summed E-state index contributed by atoms with van der Waals surface area (Å²) >= 11 is 0. The Balaban J connectivity index is 0.0000122. The van der Waals surface area contributed by atoms with E-state index in [2.05, 4.69) is 0 Å². The minimum Gasteiger partial charge on any atom is -0.744 e. The molecule has 22 heteroatoms. The first-order valence-corrected chi connectivity index (χ1v) is 9.15. The van der Waals surface area contributed by atoms with Gasteiger partial charge in [-0.15, -0.1) is 0 Å². The Morgan fingerprint density at radius 2 is 0.889 bits per heavy atom. The van der Waals surface area contributed by atoms with Crippen LogP contribution in [-0.2, 0) is 16.0 Å². The third-order valence-electron chi connectivity index (χ3n) is 4.21. The fraction of sp³-hybridized carbons (Fsp3) is 0.571. The van der Waals surface area contributed by atoms with Gasteiger partial charge in [0.25, 0.3) is 0 Å². The second kappa shape index (κ2) is 9.30. The van der Waals surface area contributed by atoms with E-state index in [0.717, 1.165) is 0 Å². The van der Waals surface area contributed by atoms with Gasteiger partial charge in [-0.1, -0.05) is 12.1 Å². The molecule has 0 saturated carbocycles. The minimum absolute atomic E-state index is 0. The molecule has 0 amide bonds. The zero-order chi connectivity index (χ0) is 28.5. The molecule has 0 radical (unpaired) electrons. The Labute approximate surface area is 209 Å². The van der Waals surface area contributed by atoms with Crippen LogP contribution in [0.3, 0.4) is 0 Å². The van der Waals surface area contributed by atoms with Crippen molar-refractivity contribution < 1.29 is 117 Å². The standard InChI is InChI=1S/C14H5F17O3S.Na/c15-7(16,5-2-1-3-6(4-5)35(32,33)34)8(17,18)9(19,20)10(21,22)11(23,24)12(25,26)13(27,28)14(29,30)31;/h1-4H,(H,32,33,34);/q;+1/p-1. The van der Waals surface area contributed by atoms with E-state index < -0.39 is 80.3 Å². The van der Waals surface area contributed by atoms with Gasteiger partial charge in [-0.3, -0.25) is 0 Å². The Hall–Kier alpha value is -1.06. The maximum Gasteiger partial charge on any atom is 1.00 e. The molecule has 36 heavy (non-hydrogen) atoms. The van der Waals surface area contributed by atoms with Crippen molar-refractivity contribution in [2.24, 2.45) is 0 Å². The fourth-order valence-electron chi connectivity index (χ4n) is 2.19. The average Bonchev–Trinajstić information content (AvgIpc) is 2.65. The number of alkyl halides is 17. The first-order valence-electron chi connectivity index (χ1n) is 7.74. The van der Waals surface area contributed by atoms with Crippen molar-refractivity contribution in [2.45, 2.75) is 52.5 Å². The molecule has 0 spiro atoms. The van der Waals surface area contributed by atoms with Crippen LogP contribution < -0.4 is 29.6 Å². The zero-order valence-corrected chi connectivity index (χ0v) is 19.2. The van der Waals surface area contributed by atoms with Gasteiger partial charge in [0, 0.05) is 5.56 Å². The first-order chi connectivity index (χ1) is 15.0. The molecule has 3 nitrogen and oxygen atoms in total. The van der Waals surface area contributed by atoms with Crippen LogP contribution in [0.15, 0.2) is 29.2 Å². The molecular weight excluding hydrogens is 594 g/mol. The molecule has 204 valence electrons. The van der Waals surface area contributed by atoms with Crippen LogP contribution in [0.1, 0.15) is 5.56 Å². The Bertz CT molecular complexity index is 1060. The molecule has 0 bridgehead atoms. The van der Waals surface area contributed by atoms with Crippen LogP contribution >= 0.6 is 0 Å². The largest absolute Gasteiger partial charge is 1.00 e. The third kappa shape index (κ3) is 4.77. The summed E-state index contributed by atoms with van der Waals surface area (Å²) in [7, 11) is -5.84. The van der Waals surface area contributed by atoms with Crippen LogP contribution in [0.2, 0.25) is 0 Å². The van der Waals surface area contributed by atoms with E-state index in [1.54, 1.807) is 0 Å². The molecule has 0 aliphatic carbocycles. The van der Waals surface area contributed by atoms with Crippen molar-refractivity contribution in [3.05, 3.63) is 29.8 Å². The number of rotatable bonds is 8.